The molecule has 1 fully saturated rings. The summed E-state index contributed by atoms with van der Waals surface area (Å²) in [5, 5.41) is 2.89. The van der Waals surface area contributed by atoms with Crippen molar-refractivity contribution in [3.05, 3.63) is 35.4 Å². The zero-order chi connectivity index (χ0) is 15.2. The molecule has 0 saturated carbocycles. The lowest BCUT2D eigenvalue weighted by Crippen LogP contribution is -2.42. The predicted molar refractivity (Wildman–Crippen MR) is 80.9 cm³/mol. The Morgan fingerprint density at radius 3 is 2.81 bits per heavy atom. The molecule has 1 aliphatic rings. The highest BCUT2D eigenvalue weighted by molar-refractivity contribution is 5.83. The molecule has 1 aromatic rings. The van der Waals surface area contributed by atoms with Gasteiger partial charge in [0.2, 0.25) is 5.91 Å². The van der Waals surface area contributed by atoms with Crippen LogP contribution in [-0.2, 0) is 14.3 Å². The minimum atomic E-state index is -0.650. The number of ether oxygens (including phenoxy) is 2. The van der Waals surface area contributed by atoms with Crippen molar-refractivity contribution < 1.29 is 14.3 Å². The van der Waals surface area contributed by atoms with Gasteiger partial charge in [-0.1, -0.05) is 29.8 Å². The van der Waals surface area contributed by atoms with E-state index in [9.17, 15) is 4.79 Å². The summed E-state index contributed by atoms with van der Waals surface area (Å²) in [6, 6.07) is 6.95. The molecule has 1 aliphatic heterocycles. The fourth-order valence-electron chi connectivity index (χ4n) is 2.22. The number of carbonyl (C=O) groups is 1. The predicted octanol–water partition coefficient (Wildman–Crippen LogP) is 1.31. The van der Waals surface area contributed by atoms with E-state index >= 15 is 0 Å². The molecule has 0 radical (unpaired) electrons. The van der Waals surface area contributed by atoms with E-state index in [4.69, 9.17) is 15.2 Å². The van der Waals surface area contributed by atoms with E-state index in [0.29, 0.717) is 13.2 Å². The van der Waals surface area contributed by atoms with Gasteiger partial charge in [0.1, 0.15) is 6.04 Å². The van der Waals surface area contributed by atoms with Gasteiger partial charge >= 0.3 is 0 Å². The molecule has 3 atom stereocenters. The molecule has 1 amide bonds. The van der Waals surface area contributed by atoms with Crippen LogP contribution in [0.15, 0.2) is 24.3 Å². The second-order valence-electron chi connectivity index (χ2n) is 5.62. The molecule has 2 rings (SSSR count). The molecule has 5 heteroatoms. The molecule has 116 valence electrons. The van der Waals surface area contributed by atoms with Crippen LogP contribution in [0.5, 0.6) is 0 Å². The Labute approximate surface area is 125 Å². The highest BCUT2D eigenvalue weighted by Gasteiger charge is 2.20. The van der Waals surface area contributed by atoms with Gasteiger partial charge in [-0.15, -0.1) is 0 Å². The number of nitrogens with two attached hydrogens (primary N) is 1. The quantitative estimate of drug-likeness (QED) is 0.829. The normalized spacial score (nSPS) is 21.0. The Hall–Kier alpha value is -1.43. The van der Waals surface area contributed by atoms with Crippen LogP contribution in [0.4, 0.5) is 0 Å². The van der Waals surface area contributed by atoms with E-state index in [1.54, 1.807) is 0 Å². The van der Waals surface area contributed by atoms with Gasteiger partial charge in [0.15, 0.2) is 0 Å². The molecule has 1 aromatic carbocycles. The number of carbonyl (C=O) groups excluding carboxylic acids is 1. The standard InChI is InChI=1S/C16H24N2O3/c1-11-3-5-13(6-4-11)15(17)16(19)18-12(2)9-21-14-7-8-20-10-14/h3-6,12,14-15H,7-10,17H2,1-2H3,(H,18,19). The fraction of sp³-hybridized carbons (Fsp3) is 0.562. The van der Waals surface area contributed by atoms with E-state index in [2.05, 4.69) is 5.32 Å². The van der Waals surface area contributed by atoms with Crippen LogP contribution < -0.4 is 11.1 Å². The van der Waals surface area contributed by atoms with Crippen LogP contribution >= 0.6 is 0 Å². The maximum Gasteiger partial charge on any atom is 0.241 e. The minimum Gasteiger partial charge on any atom is -0.379 e. The molecule has 0 aliphatic carbocycles. The number of nitrogens with one attached hydrogen (secondary N) is 1. The SMILES string of the molecule is Cc1ccc(C(N)C(=O)NC(C)COC2CCOC2)cc1. The molecule has 0 bridgehead atoms. The minimum absolute atomic E-state index is 0.0744. The van der Waals surface area contributed by atoms with E-state index < -0.39 is 6.04 Å². The van der Waals surface area contributed by atoms with Crippen molar-refractivity contribution in [3.8, 4) is 0 Å². The Bertz CT molecular complexity index is 455. The lowest BCUT2D eigenvalue weighted by molar-refractivity contribution is -0.123. The van der Waals surface area contributed by atoms with Gasteiger partial charge in [0.05, 0.1) is 19.3 Å². The van der Waals surface area contributed by atoms with Crippen molar-refractivity contribution in [1.82, 2.24) is 5.32 Å². The van der Waals surface area contributed by atoms with E-state index in [1.165, 1.54) is 0 Å². The van der Waals surface area contributed by atoms with Crippen LogP contribution in [0.2, 0.25) is 0 Å². The number of rotatable bonds is 6. The summed E-state index contributed by atoms with van der Waals surface area (Å²) in [6.45, 7) is 5.78. The number of amides is 1. The first-order valence-corrected chi connectivity index (χ1v) is 7.38. The number of hydrogen-bond donors (Lipinski definition) is 2. The van der Waals surface area contributed by atoms with Gasteiger partial charge < -0.3 is 20.5 Å². The van der Waals surface area contributed by atoms with Gasteiger partial charge in [0, 0.05) is 12.6 Å². The first-order valence-electron chi connectivity index (χ1n) is 7.38. The summed E-state index contributed by atoms with van der Waals surface area (Å²) in [5.41, 5.74) is 7.94. The fourth-order valence-corrected chi connectivity index (χ4v) is 2.22. The summed E-state index contributed by atoms with van der Waals surface area (Å²) in [6.07, 6.45) is 1.07. The Kier molecular flexibility index (Phi) is 5.73. The van der Waals surface area contributed by atoms with E-state index in [0.717, 1.165) is 24.2 Å². The molecular weight excluding hydrogens is 268 g/mol. The molecule has 3 N–H and O–H groups in total. The average molecular weight is 292 g/mol. The number of aryl methyl sites for hydroxylation is 1. The first kappa shape index (κ1) is 15.9. The molecule has 1 saturated heterocycles. The largest absolute Gasteiger partial charge is 0.379 e. The maximum absolute atomic E-state index is 12.1. The Balaban J connectivity index is 1.78. The summed E-state index contributed by atoms with van der Waals surface area (Å²) in [7, 11) is 0. The lowest BCUT2D eigenvalue weighted by Gasteiger charge is -2.19. The highest BCUT2D eigenvalue weighted by Crippen LogP contribution is 2.12. The molecule has 1 heterocycles. The third-order valence-corrected chi connectivity index (χ3v) is 3.58. The third kappa shape index (κ3) is 4.81. The van der Waals surface area contributed by atoms with Crippen molar-refractivity contribution in [2.75, 3.05) is 19.8 Å². The lowest BCUT2D eigenvalue weighted by atomic mass is 10.1. The molecule has 0 aromatic heterocycles. The summed E-state index contributed by atoms with van der Waals surface area (Å²) < 4.78 is 10.9. The monoisotopic (exact) mass is 292 g/mol. The van der Waals surface area contributed by atoms with Crippen LogP contribution in [0.3, 0.4) is 0 Å². The summed E-state index contributed by atoms with van der Waals surface area (Å²) >= 11 is 0. The Morgan fingerprint density at radius 2 is 2.19 bits per heavy atom. The smallest absolute Gasteiger partial charge is 0.241 e. The van der Waals surface area contributed by atoms with E-state index in [1.807, 2.05) is 38.1 Å². The van der Waals surface area contributed by atoms with Gasteiger partial charge in [-0.05, 0) is 25.8 Å². The van der Waals surface area contributed by atoms with Crippen LogP contribution in [-0.4, -0.2) is 37.9 Å². The number of benzene rings is 1. The highest BCUT2D eigenvalue weighted by atomic mass is 16.5. The zero-order valence-corrected chi connectivity index (χ0v) is 12.7. The topological polar surface area (TPSA) is 73.6 Å². The van der Waals surface area contributed by atoms with Crippen LogP contribution in [0.1, 0.15) is 30.5 Å². The van der Waals surface area contributed by atoms with Gasteiger partial charge in [-0.25, -0.2) is 0 Å². The molecular formula is C16H24N2O3. The van der Waals surface area contributed by atoms with Crippen molar-refractivity contribution in [1.29, 1.82) is 0 Å². The van der Waals surface area contributed by atoms with Crippen molar-refractivity contribution in [2.45, 2.75) is 38.5 Å². The average Bonchev–Trinajstić information content (AvgIpc) is 2.98. The van der Waals surface area contributed by atoms with Crippen LogP contribution in [0.25, 0.3) is 0 Å². The van der Waals surface area contributed by atoms with Crippen molar-refractivity contribution >= 4 is 5.91 Å². The molecule has 5 nitrogen and oxygen atoms in total. The maximum atomic E-state index is 12.1. The second-order valence-corrected chi connectivity index (χ2v) is 5.62. The Morgan fingerprint density at radius 1 is 1.48 bits per heavy atom. The van der Waals surface area contributed by atoms with Crippen LogP contribution in [0, 0.1) is 6.92 Å². The first-order chi connectivity index (χ1) is 10.1. The third-order valence-electron chi connectivity index (χ3n) is 3.58. The summed E-state index contributed by atoms with van der Waals surface area (Å²) in [4.78, 5) is 12.1. The molecule has 3 unspecified atom stereocenters. The van der Waals surface area contributed by atoms with Gasteiger partial charge in [0.25, 0.3) is 0 Å². The summed E-state index contributed by atoms with van der Waals surface area (Å²) in [5.74, 6) is -0.183. The van der Waals surface area contributed by atoms with E-state index in [-0.39, 0.29) is 18.1 Å². The van der Waals surface area contributed by atoms with Gasteiger partial charge in [-0.3, -0.25) is 4.79 Å². The van der Waals surface area contributed by atoms with Gasteiger partial charge in [-0.2, -0.15) is 0 Å². The zero-order valence-electron chi connectivity index (χ0n) is 12.7. The molecule has 0 spiro atoms. The van der Waals surface area contributed by atoms with Crippen molar-refractivity contribution in [2.24, 2.45) is 5.73 Å². The van der Waals surface area contributed by atoms with Crippen molar-refractivity contribution in [3.63, 3.8) is 0 Å². The second kappa shape index (κ2) is 7.54. The number of hydrogen-bond acceptors (Lipinski definition) is 4. The molecule has 21 heavy (non-hydrogen) atoms.